The fourth-order valence-corrected chi connectivity index (χ4v) is 6.15. The SMILES string of the molecule is COc1ccc(C)cc1N(CC(=O)NCCSCc1ccc(Cl)cc1Cl)S(=O)(=O)c1ccccc1. The third kappa shape index (κ3) is 7.30. The summed E-state index contributed by atoms with van der Waals surface area (Å²) in [6.45, 7) is 1.84. The van der Waals surface area contributed by atoms with Gasteiger partial charge in [0.15, 0.2) is 0 Å². The summed E-state index contributed by atoms with van der Waals surface area (Å²) in [5.41, 5.74) is 2.10. The van der Waals surface area contributed by atoms with E-state index in [-0.39, 0.29) is 11.4 Å². The van der Waals surface area contributed by atoms with Crippen molar-refractivity contribution in [3.8, 4) is 5.75 Å². The van der Waals surface area contributed by atoms with Crippen LogP contribution in [0, 0.1) is 6.92 Å². The van der Waals surface area contributed by atoms with E-state index in [1.807, 2.05) is 19.1 Å². The highest BCUT2D eigenvalue weighted by molar-refractivity contribution is 7.98. The highest BCUT2D eigenvalue weighted by Gasteiger charge is 2.29. The van der Waals surface area contributed by atoms with Gasteiger partial charge in [-0.25, -0.2) is 8.42 Å². The number of aryl methyl sites for hydroxylation is 1. The maximum Gasteiger partial charge on any atom is 0.264 e. The quantitative estimate of drug-likeness (QED) is 0.315. The van der Waals surface area contributed by atoms with E-state index in [9.17, 15) is 13.2 Å². The molecule has 10 heteroatoms. The predicted octanol–water partition coefficient (Wildman–Crippen LogP) is 5.56. The van der Waals surface area contributed by atoms with Crippen molar-refractivity contribution in [2.75, 3.05) is 30.3 Å². The molecule has 0 heterocycles. The molecule has 0 spiro atoms. The molecule has 6 nitrogen and oxygen atoms in total. The van der Waals surface area contributed by atoms with Crippen molar-refractivity contribution in [1.29, 1.82) is 0 Å². The topological polar surface area (TPSA) is 75.7 Å². The number of anilines is 1. The Morgan fingerprint density at radius 1 is 1.06 bits per heavy atom. The second kappa shape index (κ2) is 12.5. The maximum absolute atomic E-state index is 13.5. The van der Waals surface area contributed by atoms with Crippen LogP contribution in [0.4, 0.5) is 5.69 Å². The van der Waals surface area contributed by atoms with Crippen LogP contribution in [-0.2, 0) is 20.6 Å². The van der Waals surface area contributed by atoms with E-state index >= 15 is 0 Å². The molecule has 0 aliphatic rings. The second-order valence-electron chi connectivity index (χ2n) is 7.64. The first-order valence-corrected chi connectivity index (χ1v) is 14.1. The molecule has 0 saturated carbocycles. The van der Waals surface area contributed by atoms with Gasteiger partial charge >= 0.3 is 0 Å². The van der Waals surface area contributed by atoms with Crippen LogP contribution < -0.4 is 14.4 Å². The summed E-state index contributed by atoms with van der Waals surface area (Å²) >= 11 is 13.7. The number of sulfonamides is 1. The summed E-state index contributed by atoms with van der Waals surface area (Å²) in [6, 6.07) is 18.6. The molecule has 0 aliphatic heterocycles. The van der Waals surface area contributed by atoms with Crippen molar-refractivity contribution >= 4 is 56.6 Å². The molecule has 3 rings (SSSR count). The van der Waals surface area contributed by atoms with Crippen LogP contribution >= 0.6 is 35.0 Å². The van der Waals surface area contributed by atoms with Gasteiger partial charge in [-0.2, -0.15) is 11.8 Å². The van der Waals surface area contributed by atoms with Gasteiger partial charge in [0.25, 0.3) is 10.0 Å². The van der Waals surface area contributed by atoms with Crippen molar-refractivity contribution in [3.63, 3.8) is 0 Å². The van der Waals surface area contributed by atoms with Gasteiger partial charge in [-0.3, -0.25) is 9.10 Å². The van der Waals surface area contributed by atoms with Crippen LogP contribution in [0.5, 0.6) is 5.75 Å². The summed E-state index contributed by atoms with van der Waals surface area (Å²) in [5.74, 6) is 1.24. The summed E-state index contributed by atoms with van der Waals surface area (Å²) in [4.78, 5) is 12.9. The lowest BCUT2D eigenvalue weighted by Crippen LogP contribution is -2.41. The maximum atomic E-state index is 13.5. The minimum atomic E-state index is -4.02. The smallest absolute Gasteiger partial charge is 0.264 e. The Kier molecular flexibility index (Phi) is 9.74. The van der Waals surface area contributed by atoms with Gasteiger partial charge in [0.05, 0.1) is 17.7 Å². The lowest BCUT2D eigenvalue weighted by Gasteiger charge is -2.26. The standard InChI is InChI=1S/C25H26Cl2N2O4S2/c1-18-8-11-24(33-2)23(14-18)29(35(31,32)21-6-4-3-5-7-21)16-25(30)28-12-13-34-17-19-9-10-20(26)15-22(19)27/h3-11,14-15H,12-13,16-17H2,1-2H3,(H,28,30). The van der Waals surface area contributed by atoms with E-state index < -0.39 is 15.9 Å². The summed E-state index contributed by atoms with van der Waals surface area (Å²) < 4.78 is 33.5. The molecule has 35 heavy (non-hydrogen) atoms. The van der Waals surface area contributed by atoms with Gasteiger partial charge in [-0.05, 0) is 54.4 Å². The molecule has 3 aromatic carbocycles. The first-order chi connectivity index (χ1) is 16.7. The molecule has 0 radical (unpaired) electrons. The van der Waals surface area contributed by atoms with Gasteiger partial charge < -0.3 is 10.1 Å². The number of carbonyl (C=O) groups is 1. The molecule has 0 fully saturated rings. The zero-order valence-electron chi connectivity index (χ0n) is 19.3. The fraction of sp³-hybridized carbons (Fsp3) is 0.240. The van der Waals surface area contributed by atoms with Gasteiger partial charge in [0, 0.05) is 28.1 Å². The summed E-state index contributed by atoms with van der Waals surface area (Å²) in [6.07, 6.45) is 0. The molecule has 0 bridgehead atoms. The number of methoxy groups -OCH3 is 1. The van der Waals surface area contributed by atoms with Crippen LogP contribution in [-0.4, -0.2) is 40.3 Å². The number of amides is 1. The molecule has 1 amide bonds. The zero-order valence-corrected chi connectivity index (χ0v) is 22.5. The fourth-order valence-electron chi connectivity index (χ4n) is 3.28. The minimum absolute atomic E-state index is 0.0896. The summed E-state index contributed by atoms with van der Waals surface area (Å²) in [5, 5.41) is 3.99. The number of rotatable bonds is 11. The molecule has 0 saturated heterocycles. The van der Waals surface area contributed by atoms with Gasteiger partial charge in [0.2, 0.25) is 5.91 Å². The second-order valence-corrected chi connectivity index (χ2v) is 11.4. The third-order valence-corrected chi connectivity index (χ3v) is 8.43. The van der Waals surface area contributed by atoms with Crippen molar-refractivity contribution in [2.45, 2.75) is 17.6 Å². The number of carbonyl (C=O) groups excluding carboxylic acids is 1. The van der Waals surface area contributed by atoms with E-state index in [1.165, 1.54) is 19.2 Å². The highest BCUT2D eigenvalue weighted by atomic mass is 35.5. The molecule has 0 unspecified atom stereocenters. The van der Waals surface area contributed by atoms with E-state index in [1.54, 1.807) is 54.2 Å². The monoisotopic (exact) mass is 552 g/mol. The predicted molar refractivity (Wildman–Crippen MR) is 144 cm³/mol. The lowest BCUT2D eigenvalue weighted by atomic mass is 10.2. The zero-order chi connectivity index (χ0) is 25.4. The first-order valence-electron chi connectivity index (χ1n) is 10.7. The number of thioether (sulfide) groups is 1. The average molecular weight is 554 g/mol. The van der Waals surface area contributed by atoms with E-state index in [2.05, 4.69) is 5.32 Å². The number of halogens is 2. The largest absolute Gasteiger partial charge is 0.495 e. The highest BCUT2D eigenvalue weighted by Crippen LogP contribution is 2.33. The van der Waals surface area contributed by atoms with Crippen molar-refractivity contribution in [1.82, 2.24) is 5.32 Å². The Labute approximate surface area is 220 Å². The van der Waals surface area contributed by atoms with E-state index in [0.717, 1.165) is 15.4 Å². The first kappa shape index (κ1) is 27.2. The molecular weight excluding hydrogens is 527 g/mol. The van der Waals surface area contributed by atoms with E-state index in [4.69, 9.17) is 27.9 Å². The molecule has 0 aliphatic carbocycles. The lowest BCUT2D eigenvalue weighted by molar-refractivity contribution is -0.119. The normalized spacial score (nSPS) is 11.2. The Bertz CT molecular complexity index is 1270. The Balaban J connectivity index is 1.70. The van der Waals surface area contributed by atoms with Gasteiger partial charge in [-0.1, -0.05) is 53.5 Å². The van der Waals surface area contributed by atoms with Crippen molar-refractivity contribution in [2.24, 2.45) is 0 Å². The Morgan fingerprint density at radius 2 is 1.80 bits per heavy atom. The van der Waals surface area contributed by atoms with Gasteiger partial charge in [0.1, 0.15) is 12.3 Å². The van der Waals surface area contributed by atoms with Crippen LogP contribution in [0.15, 0.2) is 71.6 Å². The van der Waals surface area contributed by atoms with Crippen LogP contribution in [0.3, 0.4) is 0 Å². The number of hydrogen-bond acceptors (Lipinski definition) is 5. The van der Waals surface area contributed by atoms with Crippen LogP contribution in [0.2, 0.25) is 10.0 Å². The van der Waals surface area contributed by atoms with Crippen LogP contribution in [0.25, 0.3) is 0 Å². The number of hydrogen-bond donors (Lipinski definition) is 1. The Hall–Kier alpha value is -2.39. The molecular formula is C25H26Cl2N2O4S2. The number of benzene rings is 3. The number of ether oxygens (including phenoxy) is 1. The molecule has 0 atom stereocenters. The van der Waals surface area contributed by atoms with Crippen molar-refractivity contribution < 1.29 is 17.9 Å². The molecule has 1 N–H and O–H groups in total. The molecule has 3 aromatic rings. The van der Waals surface area contributed by atoms with E-state index in [0.29, 0.717) is 39.5 Å². The number of nitrogens with one attached hydrogen (secondary N) is 1. The summed E-state index contributed by atoms with van der Waals surface area (Å²) in [7, 11) is -2.55. The Morgan fingerprint density at radius 3 is 2.49 bits per heavy atom. The minimum Gasteiger partial charge on any atom is -0.495 e. The molecule has 0 aromatic heterocycles. The number of nitrogens with zero attached hydrogens (tertiary/aromatic N) is 1. The average Bonchev–Trinajstić information content (AvgIpc) is 2.84. The molecule has 186 valence electrons. The van der Waals surface area contributed by atoms with Crippen LogP contribution in [0.1, 0.15) is 11.1 Å². The third-order valence-electron chi connectivity index (χ3n) is 5.06. The van der Waals surface area contributed by atoms with Crippen molar-refractivity contribution in [3.05, 3.63) is 87.9 Å². The van der Waals surface area contributed by atoms with Gasteiger partial charge in [-0.15, -0.1) is 0 Å².